The minimum Gasteiger partial charge on any atom is -0.357 e. The van der Waals surface area contributed by atoms with Crippen molar-refractivity contribution in [2.45, 2.75) is 0 Å². The number of benzene rings is 1. The largest absolute Gasteiger partial charge is 0.357 e. The molecule has 0 aliphatic heterocycles. The maximum absolute atomic E-state index is 13.1. The monoisotopic (exact) mass is 248 g/mol. The quantitative estimate of drug-likeness (QED) is 0.665. The van der Waals surface area contributed by atoms with Gasteiger partial charge in [0.15, 0.2) is 5.69 Å². The van der Waals surface area contributed by atoms with Crippen molar-refractivity contribution in [1.29, 1.82) is 0 Å². The van der Waals surface area contributed by atoms with E-state index in [0.29, 0.717) is 5.56 Å². The minimum atomic E-state index is -0.598. The van der Waals surface area contributed by atoms with Crippen LogP contribution in [0.15, 0.2) is 30.5 Å². The van der Waals surface area contributed by atoms with Gasteiger partial charge in [0.1, 0.15) is 12.0 Å². The molecular formula is C11H9FN4O2. The van der Waals surface area contributed by atoms with E-state index >= 15 is 0 Å². The molecule has 0 aliphatic rings. The second kappa shape index (κ2) is 4.74. The number of hydrogen-bond donors (Lipinski definition) is 1. The molecule has 0 radical (unpaired) electrons. The Balaban J connectivity index is 2.63. The van der Waals surface area contributed by atoms with Gasteiger partial charge in [0.2, 0.25) is 5.95 Å². The molecule has 1 aromatic heterocycles. The Kier molecular flexibility index (Phi) is 3.13. The Bertz CT molecular complexity index is 603. The van der Waals surface area contributed by atoms with Gasteiger partial charge in [-0.2, -0.15) is 0 Å². The maximum atomic E-state index is 13.1. The minimum absolute atomic E-state index is 0.0823. The van der Waals surface area contributed by atoms with Gasteiger partial charge < -0.3 is 5.32 Å². The third-order valence-corrected chi connectivity index (χ3v) is 2.29. The van der Waals surface area contributed by atoms with Gasteiger partial charge in [0, 0.05) is 12.6 Å². The van der Waals surface area contributed by atoms with Crippen LogP contribution in [0.4, 0.5) is 16.0 Å². The number of halogens is 1. The molecule has 0 saturated carbocycles. The normalized spacial score (nSPS) is 10.1. The summed E-state index contributed by atoms with van der Waals surface area (Å²) in [6.07, 6.45) is 1.10. The molecule has 0 saturated heterocycles. The van der Waals surface area contributed by atoms with E-state index < -0.39 is 10.7 Å². The van der Waals surface area contributed by atoms with Gasteiger partial charge in [-0.1, -0.05) is 12.1 Å². The fourth-order valence-corrected chi connectivity index (χ4v) is 1.48. The highest BCUT2D eigenvalue weighted by Gasteiger charge is 2.18. The zero-order valence-corrected chi connectivity index (χ0v) is 9.42. The maximum Gasteiger partial charge on any atom is 0.313 e. The van der Waals surface area contributed by atoms with E-state index in [-0.39, 0.29) is 17.3 Å². The first-order valence-corrected chi connectivity index (χ1v) is 5.07. The summed E-state index contributed by atoms with van der Waals surface area (Å²) in [5.74, 6) is -0.244. The molecule has 1 N–H and O–H groups in total. The number of nitrogens with one attached hydrogen (secondary N) is 1. The zero-order valence-electron chi connectivity index (χ0n) is 9.42. The summed E-state index contributed by atoms with van der Waals surface area (Å²) in [5, 5.41) is 13.6. The molecule has 18 heavy (non-hydrogen) atoms. The molecule has 92 valence electrons. The molecule has 0 bridgehead atoms. The van der Waals surface area contributed by atoms with Crippen LogP contribution in [0.25, 0.3) is 11.3 Å². The lowest BCUT2D eigenvalue weighted by Crippen LogP contribution is -2.01. The van der Waals surface area contributed by atoms with Crippen LogP contribution in [0.1, 0.15) is 0 Å². The fourth-order valence-electron chi connectivity index (χ4n) is 1.48. The molecule has 0 spiro atoms. The molecule has 1 heterocycles. The number of anilines is 1. The summed E-state index contributed by atoms with van der Waals surface area (Å²) < 4.78 is 13.1. The van der Waals surface area contributed by atoms with Crippen molar-refractivity contribution in [2.75, 3.05) is 12.4 Å². The summed E-state index contributed by atoms with van der Waals surface area (Å²) in [4.78, 5) is 18.1. The lowest BCUT2D eigenvalue weighted by molar-refractivity contribution is -0.384. The zero-order chi connectivity index (χ0) is 13.1. The molecule has 6 nitrogen and oxygen atoms in total. The lowest BCUT2D eigenvalue weighted by Gasteiger charge is -2.04. The first-order valence-electron chi connectivity index (χ1n) is 5.07. The molecular weight excluding hydrogens is 239 g/mol. The third-order valence-electron chi connectivity index (χ3n) is 2.29. The van der Waals surface area contributed by atoms with Crippen LogP contribution in [0.5, 0.6) is 0 Å². The Morgan fingerprint density at radius 2 is 2.22 bits per heavy atom. The van der Waals surface area contributed by atoms with Crippen LogP contribution in [-0.4, -0.2) is 21.9 Å². The van der Waals surface area contributed by atoms with Gasteiger partial charge in [-0.25, -0.2) is 14.4 Å². The Morgan fingerprint density at radius 1 is 1.44 bits per heavy atom. The van der Waals surface area contributed by atoms with E-state index in [1.54, 1.807) is 13.1 Å². The standard InChI is InChI=1S/C11H9FN4O2/c1-13-11-14-6-9(16(17)18)10(15-11)7-3-2-4-8(12)5-7/h2-6H,1H3,(H,13,14,15). The number of nitrogens with zero attached hydrogens (tertiary/aromatic N) is 3. The SMILES string of the molecule is CNc1ncc([N+](=O)[O-])c(-c2cccc(F)c2)n1. The summed E-state index contributed by atoms with van der Waals surface area (Å²) >= 11 is 0. The second-order valence-corrected chi connectivity index (χ2v) is 3.44. The van der Waals surface area contributed by atoms with Gasteiger partial charge in [-0.3, -0.25) is 10.1 Å². The van der Waals surface area contributed by atoms with Gasteiger partial charge in [-0.05, 0) is 12.1 Å². The average Bonchev–Trinajstić information content (AvgIpc) is 2.38. The van der Waals surface area contributed by atoms with Crippen LogP contribution in [0, 0.1) is 15.9 Å². The van der Waals surface area contributed by atoms with Gasteiger partial charge in [-0.15, -0.1) is 0 Å². The van der Waals surface area contributed by atoms with Crippen LogP contribution < -0.4 is 5.32 Å². The van der Waals surface area contributed by atoms with Crippen molar-refractivity contribution >= 4 is 11.6 Å². The third kappa shape index (κ3) is 2.24. The van der Waals surface area contributed by atoms with Crippen molar-refractivity contribution in [3.05, 3.63) is 46.4 Å². The molecule has 0 amide bonds. The van der Waals surface area contributed by atoms with Gasteiger partial charge in [0.25, 0.3) is 0 Å². The predicted molar refractivity (Wildman–Crippen MR) is 63.6 cm³/mol. The Hall–Kier alpha value is -2.57. The van der Waals surface area contributed by atoms with E-state index in [0.717, 1.165) is 6.20 Å². The van der Waals surface area contributed by atoms with Crippen LogP contribution >= 0.6 is 0 Å². The molecule has 0 unspecified atom stereocenters. The highest BCUT2D eigenvalue weighted by Crippen LogP contribution is 2.28. The molecule has 0 atom stereocenters. The van der Waals surface area contributed by atoms with Gasteiger partial charge in [0.05, 0.1) is 4.92 Å². The Labute approximate surface area is 102 Å². The average molecular weight is 248 g/mol. The lowest BCUT2D eigenvalue weighted by atomic mass is 10.1. The summed E-state index contributed by atoms with van der Waals surface area (Å²) in [5.41, 5.74) is 0.152. The smallest absolute Gasteiger partial charge is 0.313 e. The van der Waals surface area contributed by atoms with Crippen LogP contribution in [-0.2, 0) is 0 Å². The van der Waals surface area contributed by atoms with E-state index in [1.807, 2.05) is 0 Å². The van der Waals surface area contributed by atoms with Crippen LogP contribution in [0.3, 0.4) is 0 Å². The molecule has 1 aromatic carbocycles. The first kappa shape index (κ1) is 11.9. The second-order valence-electron chi connectivity index (χ2n) is 3.44. The van der Waals surface area contributed by atoms with Gasteiger partial charge >= 0.3 is 5.69 Å². The summed E-state index contributed by atoms with van der Waals surface area (Å²) in [6.45, 7) is 0. The molecule has 0 fully saturated rings. The number of aromatic nitrogens is 2. The molecule has 7 heteroatoms. The highest BCUT2D eigenvalue weighted by atomic mass is 19.1. The van der Waals surface area contributed by atoms with Crippen LogP contribution in [0.2, 0.25) is 0 Å². The van der Waals surface area contributed by atoms with Crippen molar-refractivity contribution in [3.63, 3.8) is 0 Å². The number of rotatable bonds is 3. The van der Waals surface area contributed by atoms with Crippen molar-refractivity contribution in [2.24, 2.45) is 0 Å². The molecule has 2 rings (SSSR count). The summed E-state index contributed by atoms with van der Waals surface area (Å²) in [6, 6.07) is 5.47. The van der Waals surface area contributed by atoms with Crippen molar-refractivity contribution in [1.82, 2.24) is 9.97 Å². The van der Waals surface area contributed by atoms with E-state index in [4.69, 9.17) is 0 Å². The van der Waals surface area contributed by atoms with E-state index in [2.05, 4.69) is 15.3 Å². The topological polar surface area (TPSA) is 81.0 Å². The van der Waals surface area contributed by atoms with E-state index in [9.17, 15) is 14.5 Å². The molecule has 2 aromatic rings. The number of hydrogen-bond acceptors (Lipinski definition) is 5. The Morgan fingerprint density at radius 3 is 2.83 bits per heavy atom. The summed E-state index contributed by atoms with van der Waals surface area (Å²) in [7, 11) is 1.59. The van der Waals surface area contributed by atoms with E-state index in [1.165, 1.54) is 18.2 Å². The van der Waals surface area contributed by atoms with Crippen molar-refractivity contribution in [3.8, 4) is 11.3 Å². The molecule has 0 aliphatic carbocycles. The number of nitro groups is 1. The highest BCUT2D eigenvalue weighted by molar-refractivity contribution is 5.69. The first-order chi connectivity index (χ1) is 8.61. The fraction of sp³-hybridized carbons (Fsp3) is 0.0909. The predicted octanol–water partition coefficient (Wildman–Crippen LogP) is 2.23. The van der Waals surface area contributed by atoms with Crippen molar-refractivity contribution < 1.29 is 9.31 Å².